The highest BCUT2D eigenvalue weighted by Gasteiger charge is 2.25. The molecule has 0 aliphatic rings. The molecule has 0 bridgehead atoms. The third-order valence-electron chi connectivity index (χ3n) is 4.20. The van der Waals surface area contributed by atoms with Gasteiger partial charge in [-0.2, -0.15) is 0 Å². The van der Waals surface area contributed by atoms with E-state index in [1.165, 1.54) is 0 Å². The van der Waals surface area contributed by atoms with Crippen LogP contribution in [0.25, 0.3) is 0 Å². The van der Waals surface area contributed by atoms with Crippen LogP contribution < -0.4 is 5.32 Å². The molecule has 1 N–H and O–H groups in total. The third-order valence-corrected chi connectivity index (χ3v) is 4.53. The van der Waals surface area contributed by atoms with E-state index in [0.29, 0.717) is 10.6 Å². The van der Waals surface area contributed by atoms with Gasteiger partial charge < -0.3 is 10.1 Å². The molecule has 2 aromatic carbocycles. The number of carbonyl (C=O) groups excluding carboxylic acids is 3. The van der Waals surface area contributed by atoms with Crippen molar-refractivity contribution >= 4 is 29.3 Å². The molecule has 0 saturated heterocycles. The van der Waals surface area contributed by atoms with Crippen molar-refractivity contribution in [3.8, 4) is 0 Å². The van der Waals surface area contributed by atoms with Crippen LogP contribution in [0.2, 0.25) is 5.02 Å². The van der Waals surface area contributed by atoms with Crippen LogP contribution >= 0.6 is 11.6 Å². The smallest absolute Gasteiger partial charge is 0.308 e. The van der Waals surface area contributed by atoms with E-state index < -0.39 is 23.3 Å². The van der Waals surface area contributed by atoms with Crippen molar-refractivity contribution < 1.29 is 19.1 Å². The fraction of sp³-hybridized carbons (Fsp3) is 0.318. The second-order valence-electron chi connectivity index (χ2n) is 7.45. The fourth-order valence-corrected chi connectivity index (χ4v) is 2.63. The quantitative estimate of drug-likeness (QED) is 0.699. The van der Waals surface area contributed by atoms with E-state index in [1.54, 1.807) is 45.0 Å². The Bertz CT molecular complexity index is 843. The number of ether oxygens (including phenoxy) is 1. The third kappa shape index (κ3) is 6.20. The molecule has 6 heteroatoms. The summed E-state index contributed by atoms with van der Waals surface area (Å²) in [6, 6.07) is 15.2. The van der Waals surface area contributed by atoms with E-state index in [1.807, 2.05) is 30.3 Å². The van der Waals surface area contributed by atoms with Gasteiger partial charge in [-0.1, -0.05) is 74.8 Å². The second kappa shape index (κ2) is 9.51. The first-order valence-electron chi connectivity index (χ1n) is 8.97. The lowest BCUT2D eigenvalue weighted by atomic mass is 9.91. The van der Waals surface area contributed by atoms with Crippen LogP contribution in [0.1, 0.15) is 49.2 Å². The molecule has 5 nitrogen and oxygen atoms in total. The zero-order valence-electron chi connectivity index (χ0n) is 16.2. The number of ketones is 1. The molecular formula is C22H24ClNO4. The van der Waals surface area contributed by atoms with Gasteiger partial charge >= 0.3 is 5.97 Å². The number of amides is 1. The van der Waals surface area contributed by atoms with Crippen molar-refractivity contribution in [1.29, 1.82) is 0 Å². The van der Waals surface area contributed by atoms with Gasteiger partial charge in [0.2, 0.25) is 0 Å². The lowest BCUT2D eigenvalue weighted by molar-refractivity contribution is -0.150. The topological polar surface area (TPSA) is 72.5 Å². The molecule has 0 spiro atoms. The summed E-state index contributed by atoms with van der Waals surface area (Å²) in [6.45, 7) is 5.00. The van der Waals surface area contributed by atoms with E-state index in [-0.39, 0.29) is 18.8 Å². The van der Waals surface area contributed by atoms with Crippen LogP contribution in [0.15, 0.2) is 54.6 Å². The van der Waals surface area contributed by atoms with Crippen LogP contribution in [0.4, 0.5) is 0 Å². The van der Waals surface area contributed by atoms with E-state index in [2.05, 4.69) is 5.32 Å². The van der Waals surface area contributed by atoms with Crippen LogP contribution in [-0.2, 0) is 14.3 Å². The Morgan fingerprint density at radius 1 is 1.00 bits per heavy atom. The standard InChI is InChI=1S/C22H24ClNO4/c1-22(2,3)19(25)14-28-20(26)13-18(15-9-5-4-6-10-15)24-21(27)16-11-7-8-12-17(16)23/h4-12,18H,13-14H2,1-3H3,(H,24,27). The average molecular weight is 402 g/mol. The molecule has 1 atom stereocenters. The predicted molar refractivity (Wildman–Crippen MR) is 108 cm³/mol. The molecule has 2 rings (SSSR count). The molecule has 2 aromatic rings. The zero-order valence-corrected chi connectivity index (χ0v) is 17.0. The molecule has 0 radical (unpaired) electrons. The van der Waals surface area contributed by atoms with Gasteiger partial charge in [-0.3, -0.25) is 14.4 Å². The Kier molecular flexibility index (Phi) is 7.35. The van der Waals surface area contributed by atoms with Gasteiger partial charge in [0.15, 0.2) is 12.4 Å². The van der Waals surface area contributed by atoms with E-state index in [4.69, 9.17) is 16.3 Å². The van der Waals surface area contributed by atoms with Gasteiger partial charge in [0.25, 0.3) is 5.91 Å². The van der Waals surface area contributed by atoms with Crippen molar-refractivity contribution in [3.05, 3.63) is 70.7 Å². The van der Waals surface area contributed by atoms with Gasteiger partial charge in [0.05, 0.1) is 23.0 Å². The lowest BCUT2D eigenvalue weighted by Crippen LogP contribution is -2.32. The van der Waals surface area contributed by atoms with Gasteiger partial charge in [-0.25, -0.2) is 0 Å². The van der Waals surface area contributed by atoms with Crippen LogP contribution in [0, 0.1) is 5.41 Å². The maximum atomic E-state index is 12.6. The largest absolute Gasteiger partial charge is 0.458 e. The molecule has 148 valence electrons. The summed E-state index contributed by atoms with van der Waals surface area (Å²) in [5.74, 6) is -1.12. The van der Waals surface area contributed by atoms with Crippen LogP contribution in [0.3, 0.4) is 0 Å². The molecule has 1 unspecified atom stereocenters. The van der Waals surface area contributed by atoms with Crippen LogP contribution in [-0.4, -0.2) is 24.3 Å². The summed E-state index contributed by atoms with van der Waals surface area (Å²) in [6.07, 6.45) is -0.0996. The minimum absolute atomic E-state index is 0.0996. The number of benzene rings is 2. The number of hydrogen-bond acceptors (Lipinski definition) is 4. The summed E-state index contributed by atoms with van der Waals surface area (Å²) in [5, 5.41) is 3.15. The Balaban J connectivity index is 2.10. The SMILES string of the molecule is CC(C)(C)C(=O)COC(=O)CC(NC(=O)c1ccccc1Cl)c1ccccc1. The summed E-state index contributed by atoms with van der Waals surface area (Å²) in [5.41, 5.74) is 0.487. The minimum Gasteiger partial charge on any atom is -0.458 e. The molecule has 0 fully saturated rings. The highest BCUT2D eigenvalue weighted by molar-refractivity contribution is 6.33. The van der Waals surface area contributed by atoms with Crippen molar-refractivity contribution in [2.45, 2.75) is 33.2 Å². The zero-order chi connectivity index (χ0) is 20.7. The molecular weight excluding hydrogens is 378 g/mol. The van der Waals surface area contributed by atoms with Gasteiger partial charge in [0.1, 0.15) is 0 Å². The van der Waals surface area contributed by atoms with Crippen molar-refractivity contribution in [3.63, 3.8) is 0 Å². The number of hydrogen-bond donors (Lipinski definition) is 1. The fourth-order valence-electron chi connectivity index (χ4n) is 2.41. The first-order valence-corrected chi connectivity index (χ1v) is 9.35. The summed E-state index contributed by atoms with van der Waals surface area (Å²) < 4.78 is 5.13. The average Bonchev–Trinajstić information content (AvgIpc) is 2.65. The molecule has 1 amide bonds. The number of esters is 1. The molecule has 0 saturated carbocycles. The van der Waals surface area contributed by atoms with Crippen molar-refractivity contribution in [2.24, 2.45) is 5.41 Å². The number of Topliss-reactive ketones (excluding diaryl/α,β-unsaturated/α-hetero) is 1. The predicted octanol–water partition coefficient (Wildman–Crippen LogP) is 4.36. The Labute approximate surface area is 170 Å². The van der Waals surface area contributed by atoms with Crippen molar-refractivity contribution in [2.75, 3.05) is 6.61 Å². The molecule has 0 aromatic heterocycles. The molecule has 28 heavy (non-hydrogen) atoms. The van der Waals surface area contributed by atoms with E-state index in [0.717, 1.165) is 5.56 Å². The summed E-state index contributed by atoms with van der Waals surface area (Å²) in [7, 11) is 0. The summed E-state index contributed by atoms with van der Waals surface area (Å²) >= 11 is 6.09. The Hall–Kier alpha value is -2.66. The molecule has 0 aliphatic heterocycles. The maximum absolute atomic E-state index is 12.6. The van der Waals surface area contributed by atoms with Crippen molar-refractivity contribution in [1.82, 2.24) is 5.32 Å². The minimum atomic E-state index is -0.609. The number of nitrogens with one attached hydrogen (secondary N) is 1. The number of rotatable bonds is 7. The highest BCUT2D eigenvalue weighted by Crippen LogP contribution is 2.21. The number of carbonyl (C=O) groups is 3. The monoisotopic (exact) mass is 401 g/mol. The maximum Gasteiger partial charge on any atom is 0.308 e. The first-order chi connectivity index (χ1) is 13.2. The lowest BCUT2D eigenvalue weighted by Gasteiger charge is -2.20. The van der Waals surface area contributed by atoms with E-state index >= 15 is 0 Å². The highest BCUT2D eigenvalue weighted by atomic mass is 35.5. The van der Waals surface area contributed by atoms with Gasteiger partial charge in [-0.15, -0.1) is 0 Å². The van der Waals surface area contributed by atoms with E-state index in [9.17, 15) is 14.4 Å². The second-order valence-corrected chi connectivity index (χ2v) is 7.86. The Morgan fingerprint density at radius 3 is 2.21 bits per heavy atom. The Morgan fingerprint density at radius 2 is 1.61 bits per heavy atom. The molecule has 0 aliphatic carbocycles. The van der Waals surface area contributed by atoms with Gasteiger partial charge in [-0.05, 0) is 17.7 Å². The van der Waals surface area contributed by atoms with Gasteiger partial charge in [0, 0.05) is 5.41 Å². The summed E-state index contributed by atoms with van der Waals surface area (Å²) in [4.78, 5) is 36.9. The van der Waals surface area contributed by atoms with Crippen LogP contribution in [0.5, 0.6) is 0 Å². The molecule has 0 heterocycles. The number of halogens is 1. The first kappa shape index (κ1) is 21.6. The normalized spacial score (nSPS) is 12.1.